The summed E-state index contributed by atoms with van der Waals surface area (Å²) in [7, 11) is 1.24. The molecule has 0 aliphatic rings. The Morgan fingerprint density at radius 1 is 0.931 bits per heavy atom. The van der Waals surface area contributed by atoms with Crippen LogP contribution in [-0.2, 0) is 4.79 Å². The number of hydrazine groups is 1. The first-order chi connectivity index (χ1) is 13.8. The van der Waals surface area contributed by atoms with Gasteiger partial charge in [0.25, 0.3) is 17.7 Å². The van der Waals surface area contributed by atoms with E-state index in [0.29, 0.717) is 5.56 Å². The van der Waals surface area contributed by atoms with Gasteiger partial charge in [-0.25, -0.2) is 0 Å². The standard InChI is InChI=1S/C19H19F2N3O5/c1-11-3-5-12(6-4-11)18(27)24-23-16(25)10-22-17(26)13-7-8-14(29-19(20)21)15(9-13)28-2/h3-9,19H,10H2,1-2H3,(H,22,26)(H,23,25)(H,24,27). The number of carbonyl (C=O) groups excluding carboxylic acids is 3. The lowest BCUT2D eigenvalue weighted by atomic mass is 10.1. The summed E-state index contributed by atoms with van der Waals surface area (Å²) in [5, 5.41) is 2.33. The van der Waals surface area contributed by atoms with Gasteiger partial charge in [0.2, 0.25) is 0 Å². The van der Waals surface area contributed by atoms with E-state index in [9.17, 15) is 23.2 Å². The maximum Gasteiger partial charge on any atom is 0.387 e. The molecule has 8 nitrogen and oxygen atoms in total. The summed E-state index contributed by atoms with van der Waals surface area (Å²) in [4.78, 5) is 35.8. The van der Waals surface area contributed by atoms with Crippen molar-refractivity contribution in [3.8, 4) is 11.5 Å². The van der Waals surface area contributed by atoms with Crippen molar-refractivity contribution in [1.29, 1.82) is 0 Å². The molecular weight excluding hydrogens is 388 g/mol. The monoisotopic (exact) mass is 407 g/mol. The molecule has 0 atom stereocenters. The largest absolute Gasteiger partial charge is 0.493 e. The van der Waals surface area contributed by atoms with Crippen molar-refractivity contribution in [2.75, 3.05) is 13.7 Å². The Morgan fingerprint density at radius 3 is 2.21 bits per heavy atom. The van der Waals surface area contributed by atoms with Gasteiger partial charge in [-0.2, -0.15) is 8.78 Å². The number of carbonyl (C=O) groups is 3. The number of alkyl halides is 2. The minimum Gasteiger partial charge on any atom is -0.493 e. The first-order valence-electron chi connectivity index (χ1n) is 8.37. The summed E-state index contributed by atoms with van der Waals surface area (Å²) in [6, 6.07) is 10.3. The molecule has 0 radical (unpaired) electrons. The second-order valence-corrected chi connectivity index (χ2v) is 5.80. The fourth-order valence-electron chi connectivity index (χ4n) is 2.21. The minimum atomic E-state index is -3.04. The van der Waals surface area contributed by atoms with Crippen molar-refractivity contribution in [3.63, 3.8) is 0 Å². The molecule has 10 heteroatoms. The Kier molecular flexibility index (Phi) is 7.47. The summed E-state index contributed by atoms with van der Waals surface area (Å²) < 4.78 is 33.8. The van der Waals surface area contributed by atoms with Crippen LogP contribution in [0.1, 0.15) is 26.3 Å². The fourth-order valence-corrected chi connectivity index (χ4v) is 2.21. The molecule has 29 heavy (non-hydrogen) atoms. The number of hydrogen-bond donors (Lipinski definition) is 3. The van der Waals surface area contributed by atoms with Crippen LogP contribution in [0.25, 0.3) is 0 Å². The molecule has 3 N–H and O–H groups in total. The zero-order chi connectivity index (χ0) is 21.4. The molecule has 0 aliphatic carbocycles. The first kappa shape index (κ1) is 21.6. The third kappa shape index (κ3) is 6.45. The van der Waals surface area contributed by atoms with E-state index in [0.717, 1.165) is 11.6 Å². The maximum absolute atomic E-state index is 12.3. The highest BCUT2D eigenvalue weighted by molar-refractivity contribution is 5.98. The number of methoxy groups -OCH3 is 1. The summed E-state index contributed by atoms with van der Waals surface area (Å²) in [5.41, 5.74) is 5.82. The fraction of sp³-hybridized carbons (Fsp3) is 0.211. The molecule has 0 spiro atoms. The second kappa shape index (κ2) is 10.0. The van der Waals surface area contributed by atoms with Crippen molar-refractivity contribution >= 4 is 17.7 Å². The molecule has 0 aliphatic heterocycles. The third-order valence-electron chi connectivity index (χ3n) is 3.68. The van der Waals surface area contributed by atoms with Gasteiger partial charge >= 0.3 is 6.61 Å². The van der Waals surface area contributed by atoms with Gasteiger partial charge in [0, 0.05) is 11.1 Å². The third-order valence-corrected chi connectivity index (χ3v) is 3.68. The molecular formula is C19H19F2N3O5. The summed E-state index contributed by atoms with van der Waals surface area (Å²) >= 11 is 0. The Labute approximate surface area is 165 Å². The van der Waals surface area contributed by atoms with Crippen LogP contribution in [0.3, 0.4) is 0 Å². The van der Waals surface area contributed by atoms with Crippen LogP contribution >= 0.6 is 0 Å². The zero-order valence-electron chi connectivity index (χ0n) is 15.6. The summed E-state index contributed by atoms with van der Waals surface area (Å²) in [5.74, 6) is -2.11. The van der Waals surface area contributed by atoms with E-state index in [1.165, 1.54) is 19.2 Å². The van der Waals surface area contributed by atoms with E-state index in [1.54, 1.807) is 24.3 Å². The quantitative estimate of drug-likeness (QED) is 0.607. The van der Waals surface area contributed by atoms with Gasteiger partial charge in [0.1, 0.15) is 0 Å². The Bertz CT molecular complexity index is 888. The average molecular weight is 407 g/mol. The van der Waals surface area contributed by atoms with Crippen LogP contribution in [0.15, 0.2) is 42.5 Å². The molecule has 3 amide bonds. The van der Waals surface area contributed by atoms with Gasteiger partial charge in [-0.05, 0) is 37.3 Å². The van der Waals surface area contributed by atoms with Gasteiger partial charge in [0.05, 0.1) is 13.7 Å². The van der Waals surface area contributed by atoms with Gasteiger partial charge in [0.15, 0.2) is 11.5 Å². The van der Waals surface area contributed by atoms with E-state index in [4.69, 9.17) is 4.74 Å². The molecule has 2 aromatic carbocycles. The molecule has 2 aromatic rings. The highest BCUT2D eigenvalue weighted by Gasteiger charge is 2.15. The number of nitrogens with one attached hydrogen (secondary N) is 3. The van der Waals surface area contributed by atoms with Crippen LogP contribution in [0.4, 0.5) is 8.78 Å². The summed E-state index contributed by atoms with van der Waals surface area (Å²) in [6.07, 6.45) is 0. The van der Waals surface area contributed by atoms with E-state index in [2.05, 4.69) is 20.9 Å². The number of aryl methyl sites for hydroxylation is 1. The van der Waals surface area contributed by atoms with Crippen molar-refractivity contribution in [1.82, 2.24) is 16.2 Å². The topological polar surface area (TPSA) is 106 Å². The number of halogens is 2. The van der Waals surface area contributed by atoms with Crippen LogP contribution in [0.5, 0.6) is 11.5 Å². The van der Waals surface area contributed by atoms with E-state index >= 15 is 0 Å². The van der Waals surface area contributed by atoms with Crippen molar-refractivity contribution in [2.45, 2.75) is 13.5 Å². The number of hydrogen-bond acceptors (Lipinski definition) is 5. The average Bonchev–Trinajstić information content (AvgIpc) is 2.70. The molecule has 0 unspecified atom stereocenters. The highest BCUT2D eigenvalue weighted by atomic mass is 19.3. The van der Waals surface area contributed by atoms with Gasteiger partial charge < -0.3 is 14.8 Å². The summed E-state index contributed by atoms with van der Waals surface area (Å²) in [6.45, 7) is -1.59. The number of benzene rings is 2. The van der Waals surface area contributed by atoms with Crippen molar-refractivity contribution in [3.05, 3.63) is 59.2 Å². The molecule has 0 saturated heterocycles. The van der Waals surface area contributed by atoms with Gasteiger partial charge in [-0.3, -0.25) is 25.2 Å². The van der Waals surface area contributed by atoms with Crippen LogP contribution < -0.4 is 25.6 Å². The van der Waals surface area contributed by atoms with Crippen molar-refractivity contribution in [2.24, 2.45) is 0 Å². The van der Waals surface area contributed by atoms with Crippen LogP contribution in [0.2, 0.25) is 0 Å². The Hall–Kier alpha value is -3.69. The highest BCUT2D eigenvalue weighted by Crippen LogP contribution is 2.29. The molecule has 154 valence electrons. The first-order valence-corrected chi connectivity index (χ1v) is 8.37. The number of amides is 3. The normalized spacial score (nSPS) is 10.2. The smallest absolute Gasteiger partial charge is 0.387 e. The van der Waals surface area contributed by atoms with E-state index < -0.39 is 30.9 Å². The van der Waals surface area contributed by atoms with Crippen LogP contribution in [-0.4, -0.2) is 38.0 Å². The molecule has 0 aromatic heterocycles. The maximum atomic E-state index is 12.3. The molecule has 0 saturated carbocycles. The van der Waals surface area contributed by atoms with Crippen LogP contribution in [0, 0.1) is 6.92 Å². The lowest BCUT2D eigenvalue weighted by molar-refractivity contribution is -0.120. The number of ether oxygens (including phenoxy) is 2. The molecule has 2 rings (SSSR count). The Balaban J connectivity index is 1.85. The predicted molar refractivity (Wildman–Crippen MR) is 98.7 cm³/mol. The number of rotatable bonds is 7. The zero-order valence-corrected chi connectivity index (χ0v) is 15.6. The van der Waals surface area contributed by atoms with Gasteiger partial charge in [-0.15, -0.1) is 0 Å². The second-order valence-electron chi connectivity index (χ2n) is 5.80. The molecule has 0 heterocycles. The lowest BCUT2D eigenvalue weighted by Gasteiger charge is -2.12. The van der Waals surface area contributed by atoms with Gasteiger partial charge in [-0.1, -0.05) is 17.7 Å². The SMILES string of the molecule is COc1cc(C(=O)NCC(=O)NNC(=O)c2ccc(C)cc2)ccc1OC(F)F. The molecule has 0 bridgehead atoms. The minimum absolute atomic E-state index is 0.0623. The Morgan fingerprint density at radius 2 is 1.59 bits per heavy atom. The van der Waals surface area contributed by atoms with Crippen molar-refractivity contribution < 1.29 is 32.6 Å². The van der Waals surface area contributed by atoms with E-state index in [-0.39, 0.29) is 17.1 Å². The molecule has 0 fully saturated rings. The lowest BCUT2D eigenvalue weighted by Crippen LogP contribution is -2.46. The van der Waals surface area contributed by atoms with E-state index in [1.807, 2.05) is 6.92 Å². The predicted octanol–water partition coefficient (Wildman–Crippen LogP) is 1.80.